The van der Waals surface area contributed by atoms with E-state index < -0.39 is 0 Å². The Hall–Kier alpha value is -3.15. The summed E-state index contributed by atoms with van der Waals surface area (Å²) in [7, 11) is 3.18. The molecule has 2 aromatic heterocycles. The molecule has 24 heavy (non-hydrogen) atoms. The second-order valence-corrected chi connectivity index (χ2v) is 5.00. The summed E-state index contributed by atoms with van der Waals surface area (Å²) in [4.78, 5) is 12.9. The van der Waals surface area contributed by atoms with Gasteiger partial charge in [0.1, 0.15) is 23.1 Å². The fourth-order valence-electron chi connectivity index (χ4n) is 2.23. The molecule has 0 aliphatic carbocycles. The molecule has 0 N–H and O–H groups in total. The Morgan fingerprint density at radius 3 is 2.21 bits per heavy atom. The predicted molar refractivity (Wildman–Crippen MR) is 89.6 cm³/mol. The van der Waals surface area contributed by atoms with Gasteiger partial charge in [0, 0.05) is 30.6 Å². The minimum Gasteiger partial charge on any atom is -0.496 e. The summed E-state index contributed by atoms with van der Waals surface area (Å²) in [6.45, 7) is 1.84. The quantitative estimate of drug-likeness (QED) is 0.714. The Balaban J connectivity index is 2.00. The van der Waals surface area contributed by atoms with Gasteiger partial charge in [-0.3, -0.25) is 0 Å². The van der Waals surface area contributed by atoms with Crippen molar-refractivity contribution < 1.29 is 14.2 Å². The molecule has 3 rings (SSSR count). The fraction of sp³-hybridized carbons (Fsp3) is 0.167. The fourth-order valence-corrected chi connectivity index (χ4v) is 2.23. The first-order chi connectivity index (χ1) is 11.7. The Morgan fingerprint density at radius 2 is 1.54 bits per heavy atom. The zero-order valence-corrected chi connectivity index (χ0v) is 13.7. The molecule has 0 fully saturated rings. The molecule has 0 amide bonds. The molecule has 0 saturated carbocycles. The predicted octanol–water partition coefficient (Wildman–Crippen LogP) is 3.66. The van der Waals surface area contributed by atoms with Crippen molar-refractivity contribution in [3.8, 4) is 34.4 Å². The molecule has 6 nitrogen and oxygen atoms in total. The van der Waals surface area contributed by atoms with Gasteiger partial charge in [-0.05, 0) is 25.1 Å². The summed E-state index contributed by atoms with van der Waals surface area (Å²) in [5.74, 6) is 2.98. The van der Waals surface area contributed by atoms with E-state index in [4.69, 9.17) is 14.2 Å². The second kappa shape index (κ2) is 6.95. The topological polar surface area (TPSA) is 66.4 Å². The van der Waals surface area contributed by atoms with Gasteiger partial charge in [0.15, 0.2) is 0 Å². The third kappa shape index (κ3) is 3.43. The zero-order valence-electron chi connectivity index (χ0n) is 13.7. The summed E-state index contributed by atoms with van der Waals surface area (Å²) < 4.78 is 16.5. The van der Waals surface area contributed by atoms with E-state index in [1.54, 1.807) is 44.8 Å². The van der Waals surface area contributed by atoms with Crippen molar-refractivity contribution in [1.29, 1.82) is 0 Å². The van der Waals surface area contributed by atoms with E-state index in [9.17, 15) is 0 Å². The molecule has 2 heterocycles. The molecular weight excluding hydrogens is 306 g/mol. The third-order valence-electron chi connectivity index (χ3n) is 3.36. The SMILES string of the molecule is COc1cc(OC)cc(Oc2ncccc2-c2ccnc(C)n2)c1. The van der Waals surface area contributed by atoms with E-state index in [-0.39, 0.29) is 0 Å². The van der Waals surface area contributed by atoms with Crippen LogP contribution in [0.25, 0.3) is 11.3 Å². The maximum absolute atomic E-state index is 5.96. The van der Waals surface area contributed by atoms with Crippen molar-refractivity contribution in [3.63, 3.8) is 0 Å². The first kappa shape index (κ1) is 15.7. The van der Waals surface area contributed by atoms with E-state index in [1.165, 1.54) is 0 Å². The molecule has 1 aromatic carbocycles. The van der Waals surface area contributed by atoms with Crippen LogP contribution < -0.4 is 14.2 Å². The summed E-state index contributed by atoms with van der Waals surface area (Å²) >= 11 is 0. The van der Waals surface area contributed by atoms with Crippen LogP contribution >= 0.6 is 0 Å². The number of hydrogen-bond acceptors (Lipinski definition) is 6. The van der Waals surface area contributed by atoms with Gasteiger partial charge in [-0.25, -0.2) is 15.0 Å². The van der Waals surface area contributed by atoms with E-state index in [0.29, 0.717) is 29.0 Å². The van der Waals surface area contributed by atoms with E-state index in [0.717, 1.165) is 11.3 Å². The number of aromatic nitrogens is 3. The number of benzene rings is 1. The van der Waals surface area contributed by atoms with Crippen molar-refractivity contribution in [2.24, 2.45) is 0 Å². The summed E-state index contributed by atoms with van der Waals surface area (Å²) in [6.07, 6.45) is 3.38. The van der Waals surface area contributed by atoms with E-state index in [2.05, 4.69) is 15.0 Å². The molecule has 6 heteroatoms. The lowest BCUT2D eigenvalue weighted by molar-refractivity contribution is 0.385. The van der Waals surface area contributed by atoms with Crippen molar-refractivity contribution in [3.05, 3.63) is 54.6 Å². The van der Waals surface area contributed by atoms with E-state index in [1.807, 2.05) is 25.1 Å². The lowest BCUT2D eigenvalue weighted by atomic mass is 10.2. The number of ether oxygens (including phenoxy) is 3. The minimum absolute atomic E-state index is 0.450. The van der Waals surface area contributed by atoms with Crippen LogP contribution in [0.15, 0.2) is 48.8 Å². The first-order valence-corrected chi connectivity index (χ1v) is 7.35. The molecule has 0 atom stereocenters. The highest BCUT2D eigenvalue weighted by molar-refractivity contribution is 5.65. The second-order valence-electron chi connectivity index (χ2n) is 5.00. The van der Waals surface area contributed by atoms with Crippen molar-refractivity contribution in [2.75, 3.05) is 14.2 Å². The lowest BCUT2D eigenvalue weighted by Crippen LogP contribution is -1.96. The molecule has 0 saturated heterocycles. The smallest absolute Gasteiger partial charge is 0.228 e. The molecule has 0 aliphatic heterocycles. The monoisotopic (exact) mass is 323 g/mol. The number of aryl methyl sites for hydroxylation is 1. The van der Waals surface area contributed by atoms with E-state index >= 15 is 0 Å². The Labute approximate surface area is 140 Å². The van der Waals surface area contributed by atoms with Crippen molar-refractivity contribution >= 4 is 0 Å². The average Bonchev–Trinajstić information content (AvgIpc) is 2.61. The van der Waals surface area contributed by atoms with Crippen LogP contribution in [0.5, 0.6) is 23.1 Å². The largest absolute Gasteiger partial charge is 0.496 e. The van der Waals surface area contributed by atoms with Crippen LogP contribution in [0.2, 0.25) is 0 Å². The molecular formula is C18H17N3O3. The Morgan fingerprint density at radius 1 is 0.833 bits per heavy atom. The lowest BCUT2D eigenvalue weighted by Gasteiger charge is -2.12. The van der Waals surface area contributed by atoms with Gasteiger partial charge in [-0.15, -0.1) is 0 Å². The number of pyridine rings is 1. The van der Waals surface area contributed by atoms with Gasteiger partial charge in [0.2, 0.25) is 5.88 Å². The normalized spacial score (nSPS) is 10.3. The summed E-state index contributed by atoms with van der Waals surface area (Å²) in [5, 5.41) is 0. The van der Waals surface area contributed by atoms with Crippen LogP contribution in [-0.4, -0.2) is 29.2 Å². The summed E-state index contributed by atoms with van der Waals surface area (Å²) in [5.41, 5.74) is 1.53. The van der Waals surface area contributed by atoms with Crippen LogP contribution in [0.4, 0.5) is 0 Å². The molecule has 122 valence electrons. The maximum atomic E-state index is 5.96. The zero-order chi connectivity index (χ0) is 16.9. The average molecular weight is 323 g/mol. The molecule has 3 aromatic rings. The number of methoxy groups -OCH3 is 2. The maximum Gasteiger partial charge on any atom is 0.228 e. The van der Waals surface area contributed by atoms with Crippen LogP contribution in [0.1, 0.15) is 5.82 Å². The highest BCUT2D eigenvalue weighted by atomic mass is 16.5. The standard InChI is InChI=1S/C18H17N3O3/c1-12-19-8-6-17(21-12)16-5-4-7-20-18(16)24-15-10-13(22-2)9-14(11-15)23-3/h4-11H,1-3H3. The third-order valence-corrected chi connectivity index (χ3v) is 3.36. The van der Waals surface area contributed by atoms with Crippen LogP contribution in [0, 0.1) is 6.92 Å². The number of rotatable bonds is 5. The Kier molecular flexibility index (Phi) is 4.56. The molecule has 0 bridgehead atoms. The number of nitrogens with zero attached hydrogens (tertiary/aromatic N) is 3. The van der Waals surface area contributed by atoms with Gasteiger partial charge in [-0.1, -0.05) is 0 Å². The molecule has 0 radical (unpaired) electrons. The van der Waals surface area contributed by atoms with Crippen molar-refractivity contribution in [2.45, 2.75) is 6.92 Å². The van der Waals surface area contributed by atoms with Gasteiger partial charge in [-0.2, -0.15) is 0 Å². The molecule has 0 spiro atoms. The first-order valence-electron chi connectivity index (χ1n) is 7.35. The molecule has 0 aliphatic rings. The summed E-state index contributed by atoms with van der Waals surface area (Å²) in [6, 6.07) is 10.9. The van der Waals surface area contributed by atoms with Gasteiger partial charge < -0.3 is 14.2 Å². The van der Waals surface area contributed by atoms with Crippen molar-refractivity contribution in [1.82, 2.24) is 15.0 Å². The van der Waals surface area contributed by atoms with Crippen LogP contribution in [0.3, 0.4) is 0 Å². The van der Waals surface area contributed by atoms with Gasteiger partial charge >= 0.3 is 0 Å². The van der Waals surface area contributed by atoms with Gasteiger partial charge in [0.25, 0.3) is 0 Å². The number of hydrogen-bond donors (Lipinski definition) is 0. The highest BCUT2D eigenvalue weighted by Gasteiger charge is 2.12. The van der Waals surface area contributed by atoms with Gasteiger partial charge in [0.05, 0.1) is 25.5 Å². The Bertz CT molecular complexity index is 830. The van der Waals surface area contributed by atoms with Crippen LogP contribution in [-0.2, 0) is 0 Å². The highest BCUT2D eigenvalue weighted by Crippen LogP contribution is 2.34. The minimum atomic E-state index is 0.450. The molecule has 0 unspecified atom stereocenters.